The Morgan fingerprint density at radius 1 is 1.64 bits per heavy atom. The third-order valence-corrected chi connectivity index (χ3v) is 2.09. The summed E-state index contributed by atoms with van der Waals surface area (Å²) in [5, 5.41) is 19.9. The molecular weight excluding hydrogens is 252 g/mol. The lowest BCUT2D eigenvalue weighted by Gasteiger charge is -2.05. The van der Waals surface area contributed by atoms with Gasteiger partial charge in [0, 0.05) is 16.6 Å². The molecule has 0 aromatic heterocycles. The van der Waals surface area contributed by atoms with Crippen molar-refractivity contribution in [3.05, 3.63) is 32.8 Å². The zero-order chi connectivity index (χ0) is 10.7. The predicted octanol–water partition coefficient (Wildman–Crippen LogP) is 1.66. The number of halogens is 1. The van der Waals surface area contributed by atoms with E-state index >= 15 is 0 Å². The zero-order valence-electron chi connectivity index (χ0n) is 6.95. The Morgan fingerprint density at radius 2 is 2.29 bits per heavy atom. The van der Waals surface area contributed by atoms with Crippen molar-refractivity contribution in [1.29, 1.82) is 5.41 Å². The molecule has 4 N–H and O–H groups in total. The van der Waals surface area contributed by atoms with Gasteiger partial charge in [-0.3, -0.25) is 15.5 Å². The number of guanidine groups is 1. The van der Waals surface area contributed by atoms with E-state index in [4.69, 9.17) is 11.1 Å². The Hall–Kier alpha value is -1.63. The summed E-state index contributed by atoms with van der Waals surface area (Å²) in [5.74, 6) is -0.223. The van der Waals surface area contributed by atoms with Crippen LogP contribution in [0.4, 0.5) is 11.4 Å². The van der Waals surface area contributed by atoms with Gasteiger partial charge in [0.2, 0.25) is 0 Å². The predicted molar refractivity (Wildman–Crippen MR) is 56.3 cm³/mol. The molecule has 0 heterocycles. The number of nitro groups is 1. The number of nitrogens with one attached hydrogen (secondary N) is 2. The smallest absolute Gasteiger partial charge is 0.270 e. The minimum Gasteiger partial charge on any atom is -0.370 e. The Bertz CT molecular complexity index is 393. The lowest BCUT2D eigenvalue weighted by atomic mass is 10.3. The maximum Gasteiger partial charge on any atom is 0.270 e. The van der Waals surface area contributed by atoms with E-state index in [-0.39, 0.29) is 11.6 Å². The van der Waals surface area contributed by atoms with Gasteiger partial charge in [0.1, 0.15) is 0 Å². The van der Waals surface area contributed by atoms with Crippen molar-refractivity contribution in [3.8, 4) is 0 Å². The summed E-state index contributed by atoms with van der Waals surface area (Å²) in [5.41, 5.74) is 5.60. The summed E-state index contributed by atoms with van der Waals surface area (Å²) in [7, 11) is 0. The van der Waals surface area contributed by atoms with E-state index in [9.17, 15) is 10.1 Å². The highest BCUT2D eigenvalue weighted by atomic mass is 79.9. The molecule has 0 spiro atoms. The molecule has 7 heteroatoms. The van der Waals surface area contributed by atoms with E-state index in [0.717, 1.165) is 0 Å². The molecule has 0 atom stereocenters. The van der Waals surface area contributed by atoms with Gasteiger partial charge >= 0.3 is 0 Å². The first kappa shape index (κ1) is 10.5. The first-order valence-electron chi connectivity index (χ1n) is 3.55. The number of nitrogens with two attached hydrogens (primary N) is 1. The molecule has 1 rings (SSSR count). The minimum atomic E-state index is -0.498. The fourth-order valence-electron chi connectivity index (χ4n) is 0.864. The van der Waals surface area contributed by atoms with Crippen molar-refractivity contribution in [1.82, 2.24) is 0 Å². The minimum absolute atomic E-state index is 0.0222. The van der Waals surface area contributed by atoms with Crippen LogP contribution in [0.1, 0.15) is 0 Å². The van der Waals surface area contributed by atoms with Crippen LogP contribution < -0.4 is 11.1 Å². The maximum absolute atomic E-state index is 10.4. The molecule has 1 aromatic carbocycles. The average Bonchev–Trinajstić information content (AvgIpc) is 2.07. The van der Waals surface area contributed by atoms with Crippen molar-refractivity contribution in [2.75, 3.05) is 5.32 Å². The molecule has 0 aliphatic rings. The summed E-state index contributed by atoms with van der Waals surface area (Å²) in [6.07, 6.45) is 0. The van der Waals surface area contributed by atoms with Gasteiger partial charge in [-0.2, -0.15) is 0 Å². The van der Waals surface area contributed by atoms with Gasteiger partial charge in [-0.25, -0.2) is 0 Å². The Kier molecular flexibility index (Phi) is 3.03. The Labute approximate surface area is 87.9 Å². The van der Waals surface area contributed by atoms with Gasteiger partial charge in [0.25, 0.3) is 5.69 Å². The zero-order valence-corrected chi connectivity index (χ0v) is 8.54. The number of benzene rings is 1. The van der Waals surface area contributed by atoms with Gasteiger partial charge < -0.3 is 11.1 Å². The first-order chi connectivity index (χ1) is 6.50. The molecule has 1 aromatic rings. The van der Waals surface area contributed by atoms with Gasteiger partial charge in [-0.15, -0.1) is 0 Å². The molecule has 0 saturated heterocycles. The largest absolute Gasteiger partial charge is 0.370 e. The standard InChI is InChI=1S/C7H7BrN4O2/c8-5-3-4(12(13)14)1-2-6(5)11-7(9)10/h1-3H,(H4,9,10,11). The molecule has 0 radical (unpaired) electrons. The molecule has 0 unspecified atom stereocenters. The fourth-order valence-corrected chi connectivity index (χ4v) is 1.33. The van der Waals surface area contributed by atoms with Crippen LogP contribution in [0, 0.1) is 15.5 Å². The van der Waals surface area contributed by atoms with Crippen molar-refractivity contribution in [2.45, 2.75) is 0 Å². The van der Waals surface area contributed by atoms with Crippen molar-refractivity contribution >= 4 is 33.3 Å². The molecule has 74 valence electrons. The Balaban J connectivity index is 3.01. The third kappa shape index (κ3) is 2.43. The van der Waals surface area contributed by atoms with E-state index < -0.39 is 4.92 Å². The van der Waals surface area contributed by atoms with E-state index in [1.807, 2.05) is 0 Å². The highest BCUT2D eigenvalue weighted by Crippen LogP contribution is 2.26. The molecule has 14 heavy (non-hydrogen) atoms. The van der Waals surface area contributed by atoms with Gasteiger partial charge in [0.15, 0.2) is 5.96 Å². The van der Waals surface area contributed by atoms with Crippen LogP contribution in [0.3, 0.4) is 0 Å². The maximum atomic E-state index is 10.4. The van der Waals surface area contributed by atoms with Crippen LogP contribution in [-0.2, 0) is 0 Å². The van der Waals surface area contributed by atoms with E-state index in [2.05, 4.69) is 21.2 Å². The van der Waals surface area contributed by atoms with Crippen molar-refractivity contribution < 1.29 is 4.92 Å². The average molecular weight is 259 g/mol. The molecule has 0 aliphatic carbocycles. The highest BCUT2D eigenvalue weighted by molar-refractivity contribution is 9.10. The van der Waals surface area contributed by atoms with Gasteiger partial charge in [-0.05, 0) is 22.0 Å². The Morgan fingerprint density at radius 3 is 2.71 bits per heavy atom. The highest BCUT2D eigenvalue weighted by Gasteiger charge is 2.08. The number of non-ortho nitro benzene ring substituents is 1. The van der Waals surface area contributed by atoms with Crippen LogP contribution >= 0.6 is 15.9 Å². The van der Waals surface area contributed by atoms with Crippen LogP contribution in [0.15, 0.2) is 22.7 Å². The molecule has 0 aliphatic heterocycles. The van der Waals surface area contributed by atoms with Gasteiger partial charge in [-0.1, -0.05) is 0 Å². The number of hydrogen-bond donors (Lipinski definition) is 3. The van der Waals surface area contributed by atoms with Crippen LogP contribution in [0.25, 0.3) is 0 Å². The van der Waals surface area contributed by atoms with E-state index in [1.54, 1.807) is 0 Å². The second-order valence-electron chi connectivity index (χ2n) is 2.46. The second-order valence-corrected chi connectivity index (χ2v) is 3.31. The molecule has 0 bridgehead atoms. The first-order valence-corrected chi connectivity index (χ1v) is 4.35. The van der Waals surface area contributed by atoms with Crippen molar-refractivity contribution in [3.63, 3.8) is 0 Å². The number of rotatable bonds is 2. The summed E-state index contributed by atoms with van der Waals surface area (Å²) in [6, 6.07) is 4.14. The fraction of sp³-hybridized carbons (Fsp3) is 0. The monoisotopic (exact) mass is 258 g/mol. The van der Waals surface area contributed by atoms with E-state index in [1.165, 1.54) is 18.2 Å². The molecule has 0 saturated carbocycles. The van der Waals surface area contributed by atoms with Crippen LogP contribution in [-0.4, -0.2) is 10.9 Å². The topological polar surface area (TPSA) is 105 Å². The summed E-state index contributed by atoms with van der Waals surface area (Å²) < 4.78 is 0.488. The van der Waals surface area contributed by atoms with Crippen molar-refractivity contribution in [2.24, 2.45) is 5.73 Å². The SMILES string of the molecule is N=C(N)Nc1ccc([N+](=O)[O-])cc1Br. The number of anilines is 1. The summed E-state index contributed by atoms with van der Waals surface area (Å²) in [4.78, 5) is 9.89. The summed E-state index contributed by atoms with van der Waals surface area (Å²) >= 11 is 3.12. The lowest BCUT2D eigenvalue weighted by molar-refractivity contribution is -0.384. The van der Waals surface area contributed by atoms with Crippen LogP contribution in [0.2, 0.25) is 0 Å². The number of hydrogen-bond acceptors (Lipinski definition) is 3. The normalized spacial score (nSPS) is 9.50. The summed E-state index contributed by atoms with van der Waals surface area (Å²) in [6.45, 7) is 0. The van der Waals surface area contributed by atoms with E-state index in [0.29, 0.717) is 10.2 Å². The molecule has 0 fully saturated rings. The second kappa shape index (κ2) is 4.05. The number of nitro benzene ring substituents is 1. The molecular formula is C7H7BrN4O2. The lowest BCUT2D eigenvalue weighted by Crippen LogP contribution is -2.20. The quantitative estimate of drug-likeness (QED) is 0.325. The number of nitrogens with zero attached hydrogens (tertiary/aromatic N) is 1. The van der Waals surface area contributed by atoms with Crippen LogP contribution in [0.5, 0.6) is 0 Å². The van der Waals surface area contributed by atoms with Gasteiger partial charge in [0.05, 0.1) is 10.6 Å². The third-order valence-electron chi connectivity index (χ3n) is 1.43. The molecule has 0 amide bonds. The molecule has 6 nitrogen and oxygen atoms in total.